The quantitative estimate of drug-likeness (QED) is 0.707. The molecule has 0 aliphatic heterocycles. The lowest BCUT2D eigenvalue weighted by molar-refractivity contribution is -0.125. The minimum Gasteiger partial charge on any atom is -0.349 e. The molecule has 0 aromatic rings. The summed E-state index contributed by atoms with van der Waals surface area (Å²) in [5, 5.41) is 5.69. The third-order valence-electron chi connectivity index (χ3n) is 2.29. The molecule has 2 N–H and O–H groups in total. The first-order valence-electron chi connectivity index (χ1n) is 6.16. The van der Waals surface area contributed by atoms with Crippen LogP contribution in [0.5, 0.6) is 0 Å². The van der Waals surface area contributed by atoms with E-state index in [1.807, 2.05) is 20.8 Å². The number of carbonyl (C=O) groups excluding carboxylic acids is 3. The Hall–Kier alpha value is -1.23. The summed E-state index contributed by atoms with van der Waals surface area (Å²) in [6, 6.07) is -0.326. The van der Waals surface area contributed by atoms with Gasteiger partial charge in [-0.05, 0) is 41.0 Å². The van der Waals surface area contributed by atoms with E-state index < -0.39 is 0 Å². The summed E-state index contributed by atoms with van der Waals surface area (Å²) in [6.07, 6.45) is 0.678. The Morgan fingerprint density at radius 3 is 2.06 bits per heavy atom. The van der Waals surface area contributed by atoms with Gasteiger partial charge >= 0.3 is 0 Å². The van der Waals surface area contributed by atoms with Gasteiger partial charge in [-0.3, -0.25) is 14.4 Å². The summed E-state index contributed by atoms with van der Waals surface area (Å²) < 4.78 is 0. The van der Waals surface area contributed by atoms with Gasteiger partial charge in [-0.15, -0.1) is 0 Å². The summed E-state index contributed by atoms with van der Waals surface area (Å²) >= 11 is 0. The van der Waals surface area contributed by atoms with E-state index in [0.29, 0.717) is 6.42 Å². The predicted octanol–water partition coefficient (Wildman–Crippen LogP) is 0.817. The lowest BCUT2D eigenvalue weighted by atomic mass is 10.0. The standard InChI is InChI=1S/C13H24N2O3/c1-9(16)8-14-12(18)7-6-11(10(2)17)15-13(3,4)5/h11,15H,6-8H2,1-5H3,(H,14,18). The third kappa shape index (κ3) is 8.87. The SMILES string of the molecule is CC(=O)CNC(=O)CCC(NC(C)(C)C)C(C)=O. The lowest BCUT2D eigenvalue weighted by Gasteiger charge is -2.26. The van der Waals surface area contributed by atoms with E-state index in [-0.39, 0.29) is 42.0 Å². The number of Topliss-reactive ketones (excluding diaryl/α,β-unsaturated/α-hetero) is 2. The molecule has 0 bridgehead atoms. The molecule has 18 heavy (non-hydrogen) atoms. The van der Waals surface area contributed by atoms with E-state index in [2.05, 4.69) is 10.6 Å². The van der Waals surface area contributed by atoms with Crippen LogP contribution in [0.2, 0.25) is 0 Å². The first kappa shape index (κ1) is 16.8. The number of carbonyl (C=O) groups is 3. The van der Waals surface area contributed by atoms with Gasteiger partial charge in [0.05, 0.1) is 12.6 Å². The minimum atomic E-state index is -0.326. The summed E-state index contributed by atoms with van der Waals surface area (Å²) in [7, 11) is 0. The summed E-state index contributed by atoms with van der Waals surface area (Å²) in [5.41, 5.74) is -0.174. The van der Waals surface area contributed by atoms with E-state index in [1.54, 1.807) is 0 Å². The number of rotatable bonds is 7. The van der Waals surface area contributed by atoms with Gasteiger partial charge in [-0.2, -0.15) is 0 Å². The fourth-order valence-electron chi connectivity index (χ4n) is 1.49. The van der Waals surface area contributed by atoms with Gasteiger partial charge in [0.25, 0.3) is 0 Å². The van der Waals surface area contributed by atoms with E-state index in [4.69, 9.17) is 0 Å². The average molecular weight is 256 g/mol. The normalized spacial score (nSPS) is 12.9. The molecule has 0 radical (unpaired) electrons. The molecule has 0 saturated heterocycles. The van der Waals surface area contributed by atoms with Crippen LogP contribution in [0, 0.1) is 0 Å². The maximum atomic E-state index is 11.5. The van der Waals surface area contributed by atoms with Crippen LogP contribution in [0.3, 0.4) is 0 Å². The predicted molar refractivity (Wildman–Crippen MR) is 70.3 cm³/mol. The molecule has 0 fully saturated rings. The van der Waals surface area contributed by atoms with Gasteiger partial charge in [-0.1, -0.05) is 0 Å². The van der Waals surface area contributed by atoms with Gasteiger partial charge in [0.15, 0.2) is 0 Å². The molecule has 0 rings (SSSR count). The molecular weight excluding hydrogens is 232 g/mol. The lowest BCUT2D eigenvalue weighted by Crippen LogP contribution is -2.47. The van der Waals surface area contributed by atoms with E-state index >= 15 is 0 Å². The van der Waals surface area contributed by atoms with Gasteiger partial charge in [0, 0.05) is 12.0 Å². The fourth-order valence-corrected chi connectivity index (χ4v) is 1.49. The van der Waals surface area contributed by atoms with Crippen molar-refractivity contribution < 1.29 is 14.4 Å². The molecule has 1 amide bonds. The first-order valence-corrected chi connectivity index (χ1v) is 6.16. The van der Waals surface area contributed by atoms with Crippen LogP contribution in [-0.2, 0) is 14.4 Å². The third-order valence-corrected chi connectivity index (χ3v) is 2.29. The second-order valence-corrected chi connectivity index (χ2v) is 5.57. The van der Waals surface area contributed by atoms with Crippen molar-refractivity contribution >= 4 is 17.5 Å². The van der Waals surface area contributed by atoms with Crippen molar-refractivity contribution in [2.24, 2.45) is 0 Å². The first-order chi connectivity index (χ1) is 8.11. The summed E-state index contributed by atoms with van der Waals surface area (Å²) in [6.45, 7) is 8.89. The molecular formula is C13H24N2O3. The number of nitrogens with one attached hydrogen (secondary N) is 2. The van der Waals surface area contributed by atoms with Gasteiger partial charge in [0.2, 0.25) is 5.91 Å². The van der Waals surface area contributed by atoms with Crippen LogP contribution in [-0.4, -0.2) is 35.6 Å². The molecule has 1 unspecified atom stereocenters. The number of hydrogen-bond acceptors (Lipinski definition) is 4. The van der Waals surface area contributed by atoms with Crippen molar-refractivity contribution in [3.63, 3.8) is 0 Å². The van der Waals surface area contributed by atoms with Crippen molar-refractivity contribution in [1.82, 2.24) is 10.6 Å². The van der Waals surface area contributed by atoms with Crippen LogP contribution in [0.4, 0.5) is 0 Å². The van der Waals surface area contributed by atoms with Crippen LogP contribution in [0.15, 0.2) is 0 Å². The highest BCUT2D eigenvalue weighted by Gasteiger charge is 2.21. The average Bonchev–Trinajstić information content (AvgIpc) is 2.19. The zero-order chi connectivity index (χ0) is 14.3. The number of amides is 1. The largest absolute Gasteiger partial charge is 0.349 e. The topological polar surface area (TPSA) is 75.3 Å². The second-order valence-electron chi connectivity index (χ2n) is 5.57. The highest BCUT2D eigenvalue weighted by atomic mass is 16.2. The molecule has 0 aromatic heterocycles. The highest BCUT2D eigenvalue weighted by molar-refractivity contribution is 5.85. The molecule has 0 spiro atoms. The van der Waals surface area contributed by atoms with Crippen LogP contribution in [0.1, 0.15) is 47.5 Å². The zero-order valence-electron chi connectivity index (χ0n) is 11.9. The van der Waals surface area contributed by atoms with Crippen molar-refractivity contribution in [2.75, 3.05) is 6.54 Å². The van der Waals surface area contributed by atoms with Crippen molar-refractivity contribution in [2.45, 2.75) is 59.0 Å². The van der Waals surface area contributed by atoms with Crippen LogP contribution in [0.25, 0.3) is 0 Å². The smallest absolute Gasteiger partial charge is 0.220 e. The Morgan fingerprint density at radius 1 is 1.11 bits per heavy atom. The number of ketones is 2. The molecule has 5 heteroatoms. The Labute approximate surface area is 109 Å². The Bertz CT molecular complexity index is 319. The molecule has 0 aliphatic carbocycles. The Balaban J connectivity index is 4.16. The highest BCUT2D eigenvalue weighted by Crippen LogP contribution is 2.06. The van der Waals surface area contributed by atoms with Gasteiger partial charge in [0.1, 0.15) is 11.6 Å². The molecule has 5 nitrogen and oxygen atoms in total. The molecule has 104 valence electrons. The Morgan fingerprint density at radius 2 is 1.67 bits per heavy atom. The van der Waals surface area contributed by atoms with E-state index in [1.165, 1.54) is 13.8 Å². The maximum absolute atomic E-state index is 11.5. The monoisotopic (exact) mass is 256 g/mol. The zero-order valence-corrected chi connectivity index (χ0v) is 11.9. The van der Waals surface area contributed by atoms with Crippen molar-refractivity contribution in [3.05, 3.63) is 0 Å². The van der Waals surface area contributed by atoms with Crippen LogP contribution < -0.4 is 10.6 Å². The summed E-state index contributed by atoms with van der Waals surface area (Å²) in [5.74, 6) is -0.268. The fraction of sp³-hybridized carbons (Fsp3) is 0.769. The number of hydrogen-bond donors (Lipinski definition) is 2. The second kappa shape index (κ2) is 7.26. The molecule has 1 atom stereocenters. The van der Waals surface area contributed by atoms with E-state index in [9.17, 15) is 14.4 Å². The molecule has 0 heterocycles. The van der Waals surface area contributed by atoms with E-state index in [0.717, 1.165) is 0 Å². The molecule has 0 aliphatic rings. The van der Waals surface area contributed by atoms with Crippen LogP contribution >= 0.6 is 0 Å². The minimum absolute atomic E-state index is 0.0179. The summed E-state index contributed by atoms with van der Waals surface area (Å²) in [4.78, 5) is 33.6. The molecule has 0 saturated carbocycles. The molecule has 0 aromatic carbocycles. The maximum Gasteiger partial charge on any atom is 0.220 e. The Kier molecular flexibility index (Phi) is 6.76. The van der Waals surface area contributed by atoms with Crippen molar-refractivity contribution in [3.8, 4) is 0 Å². The van der Waals surface area contributed by atoms with Crippen molar-refractivity contribution in [1.29, 1.82) is 0 Å². The van der Waals surface area contributed by atoms with Gasteiger partial charge < -0.3 is 10.6 Å². The van der Waals surface area contributed by atoms with Gasteiger partial charge in [-0.25, -0.2) is 0 Å².